The lowest BCUT2D eigenvalue weighted by atomic mass is 10.3. The number of nitrogens with one attached hydrogen (secondary N) is 1. The van der Waals surface area contributed by atoms with Gasteiger partial charge in [-0.15, -0.1) is 0 Å². The first-order valence-corrected chi connectivity index (χ1v) is 7.29. The molecule has 106 valence electrons. The number of nitrogens with zero attached hydrogens (tertiary/aromatic N) is 1. The highest BCUT2D eigenvalue weighted by Gasteiger charge is 2.12. The Morgan fingerprint density at radius 3 is 2.70 bits per heavy atom. The minimum absolute atomic E-state index is 0.200. The Hall–Kier alpha value is -1.04. The molecule has 0 aliphatic rings. The molecule has 2 rings (SSSR count). The summed E-state index contributed by atoms with van der Waals surface area (Å²) in [7, 11) is 0. The van der Waals surface area contributed by atoms with Crippen LogP contribution in [-0.4, -0.2) is 11.5 Å². The van der Waals surface area contributed by atoms with Gasteiger partial charge in [-0.1, -0.05) is 23.2 Å². The highest BCUT2D eigenvalue weighted by molar-refractivity contribution is 9.10. The Bertz CT molecular complexity index is 640. The van der Waals surface area contributed by atoms with Crippen LogP contribution in [0.1, 0.15) is 6.92 Å². The third-order valence-corrected chi connectivity index (χ3v) is 3.51. The molecule has 20 heavy (non-hydrogen) atoms. The molecule has 0 unspecified atom stereocenters. The first-order valence-electron chi connectivity index (χ1n) is 5.74. The molecule has 0 atom stereocenters. The number of hydrogen-bond acceptors (Lipinski definition) is 3. The van der Waals surface area contributed by atoms with Crippen LogP contribution in [0.3, 0.4) is 0 Å². The molecule has 3 nitrogen and oxygen atoms in total. The standard InChI is InChI=1S/C13H10BrCl2FN2O/c1-2-18-12-9(15)6-10(16)13(19-12)20-7-3-4-11(17)8(14)5-7/h3-6H,2H2,1H3,(H,18,19). The van der Waals surface area contributed by atoms with E-state index in [0.717, 1.165) is 0 Å². The van der Waals surface area contributed by atoms with Crippen LogP contribution in [0.25, 0.3) is 0 Å². The van der Waals surface area contributed by atoms with Crippen molar-refractivity contribution < 1.29 is 9.13 Å². The molecular formula is C13H10BrCl2FN2O. The highest BCUT2D eigenvalue weighted by atomic mass is 79.9. The van der Waals surface area contributed by atoms with Crippen molar-refractivity contribution in [2.45, 2.75) is 6.92 Å². The summed E-state index contributed by atoms with van der Waals surface area (Å²) in [5.74, 6) is 0.721. The molecule has 0 aliphatic heterocycles. The third kappa shape index (κ3) is 3.53. The quantitative estimate of drug-likeness (QED) is 0.759. The van der Waals surface area contributed by atoms with Crippen LogP contribution in [0, 0.1) is 5.82 Å². The highest BCUT2D eigenvalue weighted by Crippen LogP contribution is 2.34. The van der Waals surface area contributed by atoms with Gasteiger partial charge in [0.2, 0.25) is 5.88 Å². The molecule has 0 fully saturated rings. The minimum Gasteiger partial charge on any atom is -0.437 e. The predicted molar refractivity (Wildman–Crippen MR) is 82.6 cm³/mol. The summed E-state index contributed by atoms with van der Waals surface area (Å²) in [4.78, 5) is 4.20. The molecule has 0 bridgehead atoms. The zero-order chi connectivity index (χ0) is 14.7. The van der Waals surface area contributed by atoms with E-state index in [-0.39, 0.29) is 16.7 Å². The van der Waals surface area contributed by atoms with Gasteiger partial charge in [0, 0.05) is 6.54 Å². The van der Waals surface area contributed by atoms with E-state index in [1.165, 1.54) is 18.2 Å². The van der Waals surface area contributed by atoms with Gasteiger partial charge in [-0.05, 0) is 47.1 Å². The maximum atomic E-state index is 13.2. The molecule has 1 aromatic carbocycles. The summed E-state index contributed by atoms with van der Waals surface area (Å²) >= 11 is 15.1. The fourth-order valence-corrected chi connectivity index (χ4v) is 2.29. The zero-order valence-corrected chi connectivity index (χ0v) is 13.5. The molecule has 1 aromatic heterocycles. The summed E-state index contributed by atoms with van der Waals surface area (Å²) < 4.78 is 19.0. The largest absolute Gasteiger partial charge is 0.437 e. The van der Waals surface area contributed by atoms with Crippen LogP contribution in [-0.2, 0) is 0 Å². The summed E-state index contributed by atoms with van der Waals surface area (Å²) in [6.45, 7) is 2.58. The summed E-state index contributed by atoms with van der Waals surface area (Å²) in [5.41, 5.74) is 0. The normalized spacial score (nSPS) is 10.4. The zero-order valence-electron chi connectivity index (χ0n) is 10.4. The maximum absolute atomic E-state index is 13.2. The lowest BCUT2D eigenvalue weighted by Gasteiger charge is -2.11. The van der Waals surface area contributed by atoms with Crippen LogP contribution in [0.5, 0.6) is 11.6 Å². The van der Waals surface area contributed by atoms with Gasteiger partial charge in [-0.3, -0.25) is 0 Å². The van der Waals surface area contributed by atoms with Gasteiger partial charge >= 0.3 is 0 Å². The van der Waals surface area contributed by atoms with Crippen molar-refractivity contribution in [1.29, 1.82) is 0 Å². The predicted octanol–water partition coefficient (Wildman–Crippen LogP) is 5.51. The minimum atomic E-state index is -0.374. The average Bonchev–Trinajstić information content (AvgIpc) is 2.39. The van der Waals surface area contributed by atoms with E-state index in [9.17, 15) is 4.39 Å². The van der Waals surface area contributed by atoms with Gasteiger partial charge in [0.1, 0.15) is 22.4 Å². The molecule has 1 heterocycles. The van der Waals surface area contributed by atoms with Crippen LogP contribution < -0.4 is 10.1 Å². The van der Waals surface area contributed by atoms with Crippen LogP contribution in [0.2, 0.25) is 10.0 Å². The van der Waals surface area contributed by atoms with Crippen molar-refractivity contribution in [1.82, 2.24) is 4.98 Å². The first kappa shape index (κ1) is 15.4. The van der Waals surface area contributed by atoms with E-state index in [0.29, 0.717) is 27.6 Å². The van der Waals surface area contributed by atoms with Crippen LogP contribution >= 0.6 is 39.1 Å². The summed E-state index contributed by atoms with van der Waals surface area (Å²) in [6, 6.07) is 5.81. The number of benzene rings is 1. The molecule has 2 aromatic rings. The molecule has 0 amide bonds. The van der Waals surface area contributed by atoms with E-state index in [4.69, 9.17) is 27.9 Å². The molecule has 0 radical (unpaired) electrons. The Morgan fingerprint density at radius 1 is 1.30 bits per heavy atom. The van der Waals surface area contributed by atoms with E-state index >= 15 is 0 Å². The smallest absolute Gasteiger partial charge is 0.240 e. The van der Waals surface area contributed by atoms with Gasteiger partial charge in [0.05, 0.1) is 9.50 Å². The number of rotatable bonds is 4. The fourth-order valence-electron chi connectivity index (χ4n) is 1.46. The van der Waals surface area contributed by atoms with Gasteiger partial charge in [0.25, 0.3) is 0 Å². The summed E-state index contributed by atoms with van der Waals surface area (Å²) in [6.07, 6.45) is 0. The number of hydrogen-bond donors (Lipinski definition) is 1. The SMILES string of the molecule is CCNc1nc(Oc2ccc(F)c(Br)c2)c(Cl)cc1Cl. The van der Waals surface area contributed by atoms with Gasteiger partial charge < -0.3 is 10.1 Å². The Kier molecular flexibility index (Phi) is 5.07. The first-order chi connectivity index (χ1) is 9.51. The lowest BCUT2D eigenvalue weighted by Crippen LogP contribution is -2.01. The van der Waals surface area contributed by atoms with Crippen molar-refractivity contribution >= 4 is 44.9 Å². The van der Waals surface area contributed by atoms with E-state index < -0.39 is 0 Å². The number of aromatic nitrogens is 1. The molecule has 7 heteroatoms. The van der Waals surface area contributed by atoms with E-state index in [1.807, 2.05) is 6.92 Å². The van der Waals surface area contributed by atoms with Crippen molar-refractivity contribution in [3.05, 3.63) is 44.6 Å². The van der Waals surface area contributed by atoms with Gasteiger partial charge in [-0.2, -0.15) is 4.98 Å². The van der Waals surface area contributed by atoms with Crippen molar-refractivity contribution in [2.75, 3.05) is 11.9 Å². The van der Waals surface area contributed by atoms with E-state index in [1.54, 1.807) is 6.07 Å². The Labute approximate surface area is 134 Å². The molecule has 1 N–H and O–H groups in total. The second-order valence-corrected chi connectivity index (χ2v) is 5.48. The topological polar surface area (TPSA) is 34.2 Å². The average molecular weight is 380 g/mol. The van der Waals surface area contributed by atoms with Gasteiger partial charge in [-0.25, -0.2) is 4.39 Å². The monoisotopic (exact) mass is 378 g/mol. The summed E-state index contributed by atoms with van der Waals surface area (Å²) in [5, 5.41) is 3.68. The third-order valence-electron chi connectivity index (χ3n) is 2.35. The van der Waals surface area contributed by atoms with Crippen molar-refractivity contribution in [3.8, 4) is 11.6 Å². The molecule has 0 aliphatic carbocycles. The van der Waals surface area contributed by atoms with E-state index in [2.05, 4.69) is 26.2 Å². The maximum Gasteiger partial charge on any atom is 0.240 e. The van der Waals surface area contributed by atoms with Crippen LogP contribution in [0.4, 0.5) is 10.2 Å². The molecule has 0 spiro atoms. The Balaban J connectivity index is 2.32. The van der Waals surface area contributed by atoms with Gasteiger partial charge in [0.15, 0.2) is 0 Å². The second-order valence-electron chi connectivity index (χ2n) is 3.81. The Morgan fingerprint density at radius 2 is 2.05 bits per heavy atom. The number of pyridine rings is 1. The molecule has 0 saturated carbocycles. The number of anilines is 1. The van der Waals surface area contributed by atoms with Crippen molar-refractivity contribution in [3.63, 3.8) is 0 Å². The lowest BCUT2D eigenvalue weighted by molar-refractivity contribution is 0.461. The van der Waals surface area contributed by atoms with Crippen molar-refractivity contribution in [2.24, 2.45) is 0 Å². The molecular weight excluding hydrogens is 370 g/mol. The second kappa shape index (κ2) is 6.61. The number of ether oxygens (including phenoxy) is 1. The number of halogens is 4. The molecule has 0 saturated heterocycles. The fraction of sp³-hybridized carbons (Fsp3) is 0.154. The van der Waals surface area contributed by atoms with Crippen LogP contribution in [0.15, 0.2) is 28.7 Å².